The van der Waals surface area contributed by atoms with Crippen molar-refractivity contribution in [2.24, 2.45) is 5.41 Å². The van der Waals surface area contributed by atoms with Crippen LogP contribution in [0.4, 0.5) is 4.39 Å². The number of H-pyrrole nitrogens is 1. The highest BCUT2D eigenvalue weighted by molar-refractivity contribution is 6.08. The monoisotopic (exact) mass is 399 g/mol. The van der Waals surface area contributed by atoms with E-state index in [0.29, 0.717) is 24.3 Å². The molecule has 1 aliphatic heterocycles. The lowest BCUT2D eigenvalue weighted by molar-refractivity contribution is 0.0759. The Bertz CT molecular complexity index is 976. The van der Waals surface area contributed by atoms with Crippen LogP contribution >= 0.6 is 0 Å². The van der Waals surface area contributed by atoms with Gasteiger partial charge in [0.05, 0.1) is 5.69 Å². The summed E-state index contributed by atoms with van der Waals surface area (Å²) in [6.45, 7) is 9.89. The number of halogens is 1. The van der Waals surface area contributed by atoms with E-state index in [0.717, 1.165) is 35.9 Å². The van der Waals surface area contributed by atoms with Crippen LogP contribution in [-0.4, -0.2) is 53.9 Å². The number of hydrogen-bond acceptors (Lipinski definition) is 3. The van der Waals surface area contributed by atoms with Gasteiger partial charge in [0.1, 0.15) is 6.67 Å². The topological polar surface area (TPSA) is 65.2 Å². The van der Waals surface area contributed by atoms with Crippen molar-refractivity contribution in [1.82, 2.24) is 15.2 Å². The molecule has 1 unspecified atom stereocenters. The molecule has 0 radical (unpaired) electrons. The fourth-order valence-electron chi connectivity index (χ4n) is 5.36. The summed E-state index contributed by atoms with van der Waals surface area (Å²) in [6.07, 6.45) is 1.60. The third-order valence-electron chi connectivity index (χ3n) is 6.47. The number of aromatic nitrogens is 1. The number of alkyl halides is 1. The van der Waals surface area contributed by atoms with Crippen molar-refractivity contribution in [3.05, 3.63) is 35.0 Å². The van der Waals surface area contributed by atoms with Gasteiger partial charge in [-0.05, 0) is 42.0 Å². The van der Waals surface area contributed by atoms with Crippen molar-refractivity contribution < 1.29 is 14.0 Å². The molecule has 1 atom stereocenters. The highest BCUT2D eigenvalue weighted by Crippen LogP contribution is 2.48. The molecule has 2 aromatic rings. The van der Waals surface area contributed by atoms with Crippen LogP contribution in [0.5, 0.6) is 0 Å². The average Bonchev–Trinajstić information content (AvgIpc) is 3.23. The predicted octanol–water partition coefficient (Wildman–Crippen LogP) is 3.83. The molecule has 1 fully saturated rings. The zero-order valence-corrected chi connectivity index (χ0v) is 17.7. The minimum atomic E-state index is -0.411. The number of Topliss-reactive ketones (excluding diaryl/α,β-unsaturated/α-hetero) is 1. The number of benzene rings is 1. The van der Waals surface area contributed by atoms with E-state index in [9.17, 15) is 14.0 Å². The van der Waals surface area contributed by atoms with E-state index in [1.54, 1.807) is 6.07 Å². The first-order chi connectivity index (χ1) is 13.6. The molecule has 1 aromatic carbocycles. The third kappa shape index (κ3) is 3.48. The Morgan fingerprint density at radius 3 is 2.76 bits per heavy atom. The highest BCUT2D eigenvalue weighted by atomic mass is 19.1. The number of carbonyl (C=O) groups is 2. The first-order valence-electron chi connectivity index (χ1n) is 10.4. The molecular formula is C23H30FN3O2. The standard InChI is InChI=1S/C23H30FN3O2/c1-22(2)13-23(3,4)20(28)19-18(22)16-11-14(5-6-17(16)26-19)21(29)25-15-7-9-27(12-15)10-8-24/h5-6,11,15,26H,7-10,12-13H2,1-4H3,(H,25,29). The number of amides is 1. The lowest BCUT2D eigenvalue weighted by Gasteiger charge is -2.39. The van der Waals surface area contributed by atoms with Gasteiger partial charge in [-0.1, -0.05) is 27.7 Å². The van der Waals surface area contributed by atoms with Crippen molar-refractivity contribution in [2.45, 2.75) is 52.0 Å². The van der Waals surface area contributed by atoms with Crippen LogP contribution in [0.1, 0.15) is 66.9 Å². The first-order valence-corrected chi connectivity index (χ1v) is 10.4. The number of carbonyl (C=O) groups excluding carboxylic acids is 2. The summed E-state index contributed by atoms with van der Waals surface area (Å²) in [5, 5.41) is 4.03. The van der Waals surface area contributed by atoms with Crippen molar-refractivity contribution in [2.75, 3.05) is 26.3 Å². The van der Waals surface area contributed by atoms with E-state index in [4.69, 9.17) is 0 Å². The Hall–Kier alpha value is -2.21. The molecule has 0 bridgehead atoms. The van der Waals surface area contributed by atoms with E-state index in [2.05, 4.69) is 24.1 Å². The largest absolute Gasteiger partial charge is 0.352 e. The molecule has 2 aliphatic rings. The molecule has 2 N–H and O–H groups in total. The second-order valence-corrected chi connectivity index (χ2v) is 9.86. The molecule has 2 heterocycles. The molecule has 1 aromatic heterocycles. The van der Waals surface area contributed by atoms with Crippen LogP contribution in [0.15, 0.2) is 18.2 Å². The van der Waals surface area contributed by atoms with Crippen molar-refractivity contribution in [3.63, 3.8) is 0 Å². The molecular weight excluding hydrogens is 369 g/mol. The number of aromatic amines is 1. The second kappa shape index (κ2) is 6.94. The fourth-order valence-corrected chi connectivity index (χ4v) is 5.36. The molecule has 4 rings (SSSR count). The van der Waals surface area contributed by atoms with E-state index in [1.807, 2.05) is 30.9 Å². The Labute approximate surface area is 171 Å². The lowest BCUT2D eigenvalue weighted by Crippen LogP contribution is -2.39. The Morgan fingerprint density at radius 2 is 2.03 bits per heavy atom. The molecule has 1 aliphatic carbocycles. The number of fused-ring (bicyclic) bond motifs is 3. The summed E-state index contributed by atoms with van der Waals surface area (Å²) in [5.74, 6) is 0.0159. The molecule has 5 nitrogen and oxygen atoms in total. The van der Waals surface area contributed by atoms with E-state index < -0.39 is 5.41 Å². The molecule has 156 valence electrons. The van der Waals surface area contributed by atoms with Crippen LogP contribution in [0.25, 0.3) is 10.9 Å². The smallest absolute Gasteiger partial charge is 0.251 e. The summed E-state index contributed by atoms with van der Waals surface area (Å²) in [6, 6.07) is 5.64. The van der Waals surface area contributed by atoms with Gasteiger partial charge in [0.15, 0.2) is 5.78 Å². The van der Waals surface area contributed by atoms with Crippen LogP contribution in [-0.2, 0) is 5.41 Å². The van der Waals surface area contributed by atoms with Gasteiger partial charge in [-0.25, -0.2) is 4.39 Å². The van der Waals surface area contributed by atoms with E-state index in [-0.39, 0.29) is 29.8 Å². The van der Waals surface area contributed by atoms with Gasteiger partial charge in [-0.2, -0.15) is 0 Å². The quantitative estimate of drug-likeness (QED) is 0.821. The zero-order valence-electron chi connectivity index (χ0n) is 17.7. The first kappa shape index (κ1) is 20.1. The molecule has 6 heteroatoms. The zero-order chi connectivity index (χ0) is 21.0. The predicted molar refractivity (Wildman–Crippen MR) is 112 cm³/mol. The van der Waals surface area contributed by atoms with Crippen LogP contribution in [0, 0.1) is 5.41 Å². The number of ketones is 1. The van der Waals surface area contributed by atoms with Crippen LogP contribution in [0.2, 0.25) is 0 Å². The molecule has 1 saturated heterocycles. The number of likely N-dealkylation sites (tertiary alicyclic amines) is 1. The summed E-state index contributed by atoms with van der Waals surface area (Å²) in [5.41, 5.74) is 2.60. The van der Waals surface area contributed by atoms with Gasteiger partial charge in [-0.3, -0.25) is 14.5 Å². The Morgan fingerprint density at radius 1 is 1.28 bits per heavy atom. The maximum Gasteiger partial charge on any atom is 0.251 e. The van der Waals surface area contributed by atoms with Gasteiger partial charge in [-0.15, -0.1) is 0 Å². The van der Waals surface area contributed by atoms with Crippen LogP contribution < -0.4 is 5.32 Å². The molecule has 0 spiro atoms. The summed E-state index contributed by atoms with van der Waals surface area (Å²) in [4.78, 5) is 31.2. The SMILES string of the molecule is CC1(C)CC(C)(C)c2c([nH]c3ccc(C(=O)NC4CCN(CCF)C4)cc23)C1=O. The molecule has 29 heavy (non-hydrogen) atoms. The van der Waals surface area contributed by atoms with Crippen molar-refractivity contribution in [1.29, 1.82) is 0 Å². The minimum absolute atomic E-state index is 0.0451. The maximum absolute atomic E-state index is 13.0. The second-order valence-electron chi connectivity index (χ2n) is 9.86. The normalized spacial score (nSPS) is 23.3. The Balaban J connectivity index is 1.64. The van der Waals surface area contributed by atoms with Gasteiger partial charge in [0.2, 0.25) is 0 Å². The lowest BCUT2D eigenvalue weighted by atomic mass is 9.63. The third-order valence-corrected chi connectivity index (χ3v) is 6.47. The summed E-state index contributed by atoms with van der Waals surface area (Å²) < 4.78 is 12.5. The number of nitrogens with one attached hydrogen (secondary N) is 2. The van der Waals surface area contributed by atoms with Gasteiger partial charge in [0, 0.05) is 47.6 Å². The minimum Gasteiger partial charge on any atom is -0.352 e. The number of rotatable bonds is 4. The van der Waals surface area contributed by atoms with Crippen LogP contribution in [0.3, 0.4) is 0 Å². The van der Waals surface area contributed by atoms with E-state index in [1.165, 1.54) is 0 Å². The highest BCUT2D eigenvalue weighted by Gasteiger charge is 2.45. The fraction of sp³-hybridized carbons (Fsp3) is 0.565. The summed E-state index contributed by atoms with van der Waals surface area (Å²) in [7, 11) is 0. The number of nitrogens with zero attached hydrogens (tertiary/aromatic N) is 1. The summed E-state index contributed by atoms with van der Waals surface area (Å²) >= 11 is 0. The Kier molecular flexibility index (Phi) is 4.80. The molecule has 0 saturated carbocycles. The average molecular weight is 400 g/mol. The van der Waals surface area contributed by atoms with Crippen molar-refractivity contribution in [3.8, 4) is 0 Å². The van der Waals surface area contributed by atoms with Gasteiger partial charge < -0.3 is 10.3 Å². The maximum atomic E-state index is 13.0. The van der Waals surface area contributed by atoms with E-state index >= 15 is 0 Å². The van der Waals surface area contributed by atoms with Crippen molar-refractivity contribution >= 4 is 22.6 Å². The van der Waals surface area contributed by atoms with Gasteiger partial charge in [0.25, 0.3) is 5.91 Å². The number of hydrogen-bond donors (Lipinski definition) is 2. The van der Waals surface area contributed by atoms with Gasteiger partial charge >= 0.3 is 0 Å². The molecule has 1 amide bonds.